The molecule has 0 spiro atoms. The number of hydrogen-bond acceptors (Lipinski definition) is 6. The predicted molar refractivity (Wildman–Crippen MR) is 122 cm³/mol. The van der Waals surface area contributed by atoms with E-state index in [0.29, 0.717) is 22.1 Å². The zero-order valence-electron chi connectivity index (χ0n) is 17.0. The minimum absolute atomic E-state index is 0.188. The van der Waals surface area contributed by atoms with Gasteiger partial charge < -0.3 is 15.8 Å². The van der Waals surface area contributed by atoms with Crippen LogP contribution in [-0.4, -0.2) is 34.2 Å². The molecule has 158 valence electrons. The Balaban J connectivity index is 1.38. The SMILES string of the molecule is N#Cc1cnn(-c2ccc(C(=O)Nc3cccc(CSC4CCOCC4)c3)cc2)c1N. The third-order valence-corrected chi connectivity index (χ3v) is 6.58. The summed E-state index contributed by atoms with van der Waals surface area (Å²) in [4.78, 5) is 12.7. The van der Waals surface area contributed by atoms with Crippen molar-refractivity contribution in [3.05, 3.63) is 71.4 Å². The lowest BCUT2D eigenvalue weighted by atomic mass is 10.1. The van der Waals surface area contributed by atoms with Gasteiger partial charge in [0.05, 0.1) is 11.9 Å². The van der Waals surface area contributed by atoms with Crippen LogP contribution in [0.4, 0.5) is 11.5 Å². The molecule has 0 atom stereocenters. The Bertz CT molecular complexity index is 1100. The molecule has 3 aromatic rings. The van der Waals surface area contributed by atoms with Crippen molar-refractivity contribution in [1.82, 2.24) is 9.78 Å². The molecule has 2 aromatic carbocycles. The first kappa shape index (κ1) is 21.0. The Morgan fingerprint density at radius 2 is 2.03 bits per heavy atom. The number of thioether (sulfide) groups is 1. The molecule has 0 unspecified atom stereocenters. The monoisotopic (exact) mass is 433 g/mol. The Morgan fingerprint density at radius 3 is 2.74 bits per heavy atom. The van der Waals surface area contributed by atoms with Gasteiger partial charge in [0.25, 0.3) is 5.91 Å². The van der Waals surface area contributed by atoms with E-state index in [1.165, 1.54) is 16.4 Å². The van der Waals surface area contributed by atoms with Crippen molar-refractivity contribution in [3.8, 4) is 11.8 Å². The van der Waals surface area contributed by atoms with E-state index in [4.69, 9.17) is 15.7 Å². The van der Waals surface area contributed by atoms with Crippen molar-refractivity contribution in [1.29, 1.82) is 5.26 Å². The molecule has 31 heavy (non-hydrogen) atoms. The molecule has 0 aliphatic carbocycles. The summed E-state index contributed by atoms with van der Waals surface area (Å²) in [5.41, 5.74) is 9.41. The van der Waals surface area contributed by atoms with Gasteiger partial charge in [-0.05, 0) is 54.8 Å². The highest BCUT2D eigenvalue weighted by atomic mass is 32.2. The summed E-state index contributed by atoms with van der Waals surface area (Å²) in [6.07, 6.45) is 3.61. The highest BCUT2D eigenvalue weighted by Gasteiger charge is 2.14. The number of hydrogen-bond donors (Lipinski definition) is 2. The van der Waals surface area contributed by atoms with Gasteiger partial charge in [-0.15, -0.1) is 0 Å². The van der Waals surface area contributed by atoms with Crippen molar-refractivity contribution in [2.24, 2.45) is 0 Å². The summed E-state index contributed by atoms with van der Waals surface area (Å²) < 4.78 is 6.89. The summed E-state index contributed by atoms with van der Waals surface area (Å²) in [6.45, 7) is 1.69. The highest BCUT2D eigenvalue weighted by Crippen LogP contribution is 2.26. The molecule has 1 fully saturated rings. The predicted octanol–water partition coefficient (Wildman–Crippen LogP) is 3.99. The van der Waals surface area contributed by atoms with Crippen molar-refractivity contribution in [2.45, 2.75) is 23.8 Å². The number of anilines is 2. The molecule has 1 aliphatic rings. The Labute approximate surface area is 185 Å². The van der Waals surface area contributed by atoms with Gasteiger partial charge in [0.1, 0.15) is 17.5 Å². The van der Waals surface area contributed by atoms with Crippen molar-refractivity contribution >= 4 is 29.2 Å². The van der Waals surface area contributed by atoms with Crippen LogP contribution in [-0.2, 0) is 10.5 Å². The first-order chi connectivity index (χ1) is 15.1. The first-order valence-corrected chi connectivity index (χ1v) is 11.1. The van der Waals surface area contributed by atoms with Gasteiger partial charge in [-0.2, -0.15) is 22.1 Å². The molecule has 8 heteroatoms. The maximum Gasteiger partial charge on any atom is 0.255 e. The maximum atomic E-state index is 12.7. The fraction of sp³-hybridized carbons (Fsp3) is 0.261. The third-order valence-electron chi connectivity index (χ3n) is 5.14. The molecular weight excluding hydrogens is 410 g/mol. The van der Waals surface area contributed by atoms with Crippen molar-refractivity contribution < 1.29 is 9.53 Å². The number of nitriles is 1. The van der Waals surface area contributed by atoms with E-state index >= 15 is 0 Å². The van der Waals surface area contributed by atoms with Crippen LogP contribution < -0.4 is 11.1 Å². The Hall–Kier alpha value is -3.28. The van der Waals surface area contributed by atoms with Gasteiger partial charge in [0, 0.05) is 35.5 Å². The molecule has 7 nitrogen and oxygen atoms in total. The van der Waals surface area contributed by atoms with Crippen LogP contribution in [0.2, 0.25) is 0 Å². The number of carbonyl (C=O) groups is 1. The number of carbonyl (C=O) groups excluding carboxylic acids is 1. The number of nitrogen functional groups attached to an aromatic ring is 1. The first-order valence-electron chi connectivity index (χ1n) is 10.1. The number of aromatic nitrogens is 2. The summed E-state index contributed by atoms with van der Waals surface area (Å²) in [6, 6.07) is 16.9. The van der Waals surface area contributed by atoms with Crippen LogP contribution in [0.15, 0.2) is 54.7 Å². The molecule has 2 heterocycles. The maximum absolute atomic E-state index is 12.7. The average Bonchev–Trinajstić information content (AvgIpc) is 3.19. The number of nitrogens with two attached hydrogens (primary N) is 1. The van der Waals surface area contributed by atoms with Crippen LogP contribution in [0.3, 0.4) is 0 Å². The van der Waals surface area contributed by atoms with E-state index in [9.17, 15) is 4.79 Å². The minimum Gasteiger partial charge on any atom is -0.382 e. The van der Waals surface area contributed by atoms with Crippen LogP contribution in [0.5, 0.6) is 0 Å². The van der Waals surface area contributed by atoms with Gasteiger partial charge in [-0.25, -0.2) is 4.68 Å². The van der Waals surface area contributed by atoms with Gasteiger partial charge in [-0.1, -0.05) is 12.1 Å². The number of ether oxygens (including phenoxy) is 1. The molecule has 0 saturated carbocycles. The van der Waals surface area contributed by atoms with E-state index in [0.717, 1.165) is 37.5 Å². The average molecular weight is 434 g/mol. The lowest BCUT2D eigenvalue weighted by molar-refractivity contribution is 0.1000. The molecule has 1 amide bonds. The normalized spacial score (nSPS) is 14.2. The molecule has 0 radical (unpaired) electrons. The van der Waals surface area contributed by atoms with Gasteiger partial charge >= 0.3 is 0 Å². The minimum atomic E-state index is -0.188. The van der Waals surface area contributed by atoms with Crippen molar-refractivity contribution in [2.75, 3.05) is 24.3 Å². The summed E-state index contributed by atoms with van der Waals surface area (Å²) in [5.74, 6) is 1.00. The highest BCUT2D eigenvalue weighted by molar-refractivity contribution is 7.99. The second-order valence-electron chi connectivity index (χ2n) is 7.29. The van der Waals surface area contributed by atoms with Gasteiger partial charge in [0.2, 0.25) is 0 Å². The lowest BCUT2D eigenvalue weighted by Crippen LogP contribution is -2.17. The van der Waals surface area contributed by atoms with E-state index in [1.54, 1.807) is 24.3 Å². The lowest BCUT2D eigenvalue weighted by Gasteiger charge is -2.21. The molecule has 1 saturated heterocycles. The van der Waals surface area contributed by atoms with E-state index in [2.05, 4.69) is 16.5 Å². The van der Waals surface area contributed by atoms with Gasteiger partial charge in [-0.3, -0.25) is 4.79 Å². The molecule has 1 aliphatic heterocycles. The third kappa shape index (κ3) is 5.08. The number of benzene rings is 2. The van der Waals surface area contributed by atoms with Crippen LogP contribution in [0.25, 0.3) is 5.69 Å². The van der Waals surface area contributed by atoms with Gasteiger partial charge in [0.15, 0.2) is 0 Å². The quantitative estimate of drug-likeness (QED) is 0.609. The van der Waals surface area contributed by atoms with E-state index < -0.39 is 0 Å². The fourth-order valence-electron chi connectivity index (χ4n) is 3.40. The molecule has 0 bridgehead atoms. The number of rotatable bonds is 6. The van der Waals surface area contributed by atoms with Crippen LogP contribution in [0.1, 0.15) is 34.3 Å². The number of nitrogens with zero attached hydrogens (tertiary/aromatic N) is 3. The zero-order chi connectivity index (χ0) is 21.6. The molecular formula is C23H23N5O2S. The molecule has 3 N–H and O–H groups in total. The van der Waals surface area contributed by atoms with Crippen LogP contribution in [0, 0.1) is 11.3 Å². The largest absolute Gasteiger partial charge is 0.382 e. The Morgan fingerprint density at radius 1 is 1.26 bits per heavy atom. The topological polar surface area (TPSA) is 106 Å². The Kier molecular flexibility index (Phi) is 6.55. The van der Waals surface area contributed by atoms with E-state index in [1.807, 2.05) is 36.0 Å². The summed E-state index contributed by atoms with van der Waals surface area (Å²) in [5, 5.41) is 16.7. The van der Waals surface area contributed by atoms with E-state index in [-0.39, 0.29) is 11.7 Å². The smallest absolute Gasteiger partial charge is 0.255 e. The zero-order valence-corrected chi connectivity index (χ0v) is 17.8. The molecule has 4 rings (SSSR count). The second-order valence-corrected chi connectivity index (χ2v) is 8.58. The number of nitrogens with one attached hydrogen (secondary N) is 1. The number of amides is 1. The second kappa shape index (κ2) is 9.69. The molecule has 1 aromatic heterocycles. The van der Waals surface area contributed by atoms with Crippen LogP contribution >= 0.6 is 11.8 Å². The summed E-state index contributed by atoms with van der Waals surface area (Å²) in [7, 11) is 0. The summed E-state index contributed by atoms with van der Waals surface area (Å²) >= 11 is 1.95. The van der Waals surface area contributed by atoms with Crippen molar-refractivity contribution in [3.63, 3.8) is 0 Å². The standard InChI is InChI=1S/C23H23N5O2S/c24-13-18-14-26-28(22(18)25)20-6-4-17(5-7-20)23(29)27-19-3-1-2-16(12-19)15-31-21-8-10-30-11-9-21/h1-7,12,14,21H,8-11,15,25H2,(H,27,29). The fourth-order valence-corrected chi connectivity index (χ4v) is 4.54.